The Kier molecular flexibility index (Phi) is 10.1. The molecule has 2 aromatic rings. The molecule has 0 spiro atoms. The molecule has 0 radical (unpaired) electrons. The molecule has 1 aliphatic rings. The summed E-state index contributed by atoms with van der Waals surface area (Å²) < 4.78 is 5.53. The Morgan fingerprint density at radius 3 is 2.61 bits per heavy atom. The van der Waals surface area contributed by atoms with Gasteiger partial charge in [0.2, 0.25) is 0 Å². The number of aliphatic imine (C=N–C) groups is 1. The van der Waals surface area contributed by atoms with Crippen molar-refractivity contribution in [3.63, 3.8) is 0 Å². The number of ether oxygens (including phenoxy) is 1. The molecule has 0 amide bonds. The van der Waals surface area contributed by atoms with E-state index in [4.69, 9.17) is 4.74 Å². The fourth-order valence-corrected chi connectivity index (χ4v) is 4.95. The first-order chi connectivity index (χ1) is 13.2. The number of hydrogen-bond acceptors (Lipinski definition) is 6. The standard InChI is InChI=1S/C19H29N5OS2.HI/c1-14-4-5-17(26-14)16(24-8-10-25-11-9-24)13-23-19(20-3)21-7-6-18-22-12-15(2)27-18;/h4-5,12,16H,6-11,13H2,1-3H3,(H2,20,21,23);1H. The van der Waals surface area contributed by atoms with E-state index in [1.54, 1.807) is 11.3 Å². The van der Waals surface area contributed by atoms with Crippen LogP contribution in [0.5, 0.6) is 0 Å². The molecule has 1 unspecified atom stereocenters. The molecule has 1 saturated heterocycles. The average molecular weight is 536 g/mol. The fraction of sp³-hybridized carbons (Fsp3) is 0.579. The Balaban J connectivity index is 0.00000280. The van der Waals surface area contributed by atoms with Crippen LogP contribution in [0.15, 0.2) is 23.3 Å². The van der Waals surface area contributed by atoms with Crippen LogP contribution >= 0.6 is 46.7 Å². The van der Waals surface area contributed by atoms with Gasteiger partial charge in [-0.3, -0.25) is 9.89 Å². The zero-order valence-electron chi connectivity index (χ0n) is 16.7. The number of aromatic nitrogens is 1. The number of nitrogens with zero attached hydrogens (tertiary/aromatic N) is 3. The summed E-state index contributed by atoms with van der Waals surface area (Å²) >= 11 is 3.63. The summed E-state index contributed by atoms with van der Waals surface area (Å²) in [7, 11) is 1.82. The Morgan fingerprint density at radius 1 is 1.21 bits per heavy atom. The largest absolute Gasteiger partial charge is 0.379 e. The van der Waals surface area contributed by atoms with Crippen LogP contribution in [0.1, 0.15) is 25.7 Å². The minimum atomic E-state index is 0. The Bertz CT molecular complexity index is 742. The first kappa shape index (κ1) is 23.5. The first-order valence-corrected chi connectivity index (χ1v) is 11.0. The molecule has 156 valence electrons. The van der Waals surface area contributed by atoms with Crippen molar-refractivity contribution in [2.24, 2.45) is 4.99 Å². The summed E-state index contributed by atoms with van der Waals surface area (Å²) in [6.07, 6.45) is 2.85. The lowest BCUT2D eigenvalue weighted by Crippen LogP contribution is -2.46. The number of rotatable bonds is 7. The van der Waals surface area contributed by atoms with Crippen LogP contribution in [0.3, 0.4) is 0 Å². The first-order valence-electron chi connectivity index (χ1n) is 9.39. The van der Waals surface area contributed by atoms with E-state index in [1.807, 2.05) is 24.6 Å². The van der Waals surface area contributed by atoms with Gasteiger partial charge in [-0.05, 0) is 26.0 Å². The zero-order chi connectivity index (χ0) is 19.1. The van der Waals surface area contributed by atoms with Gasteiger partial charge in [0.1, 0.15) is 0 Å². The molecule has 0 aromatic carbocycles. The smallest absolute Gasteiger partial charge is 0.191 e. The van der Waals surface area contributed by atoms with Gasteiger partial charge in [-0.2, -0.15) is 0 Å². The van der Waals surface area contributed by atoms with E-state index < -0.39 is 0 Å². The molecule has 0 bridgehead atoms. The summed E-state index contributed by atoms with van der Waals surface area (Å²) in [5.74, 6) is 0.842. The molecule has 1 atom stereocenters. The number of nitrogens with one attached hydrogen (secondary N) is 2. The zero-order valence-corrected chi connectivity index (χ0v) is 20.7. The highest BCUT2D eigenvalue weighted by molar-refractivity contribution is 14.0. The maximum atomic E-state index is 5.53. The van der Waals surface area contributed by atoms with E-state index in [2.05, 4.69) is 51.5 Å². The average Bonchev–Trinajstić information content (AvgIpc) is 3.29. The van der Waals surface area contributed by atoms with Gasteiger partial charge in [0, 0.05) is 60.5 Å². The van der Waals surface area contributed by atoms with E-state index in [9.17, 15) is 0 Å². The van der Waals surface area contributed by atoms with Crippen LogP contribution in [0.2, 0.25) is 0 Å². The molecule has 1 fully saturated rings. The molecule has 1 aliphatic heterocycles. The lowest BCUT2D eigenvalue weighted by atomic mass is 10.2. The van der Waals surface area contributed by atoms with Gasteiger partial charge in [-0.1, -0.05) is 0 Å². The number of thiazole rings is 1. The molecular formula is C19H30IN5OS2. The Morgan fingerprint density at radius 2 is 2.00 bits per heavy atom. The highest BCUT2D eigenvalue weighted by Crippen LogP contribution is 2.27. The SMILES string of the molecule is CN=C(NCCc1ncc(C)s1)NCC(c1ccc(C)s1)N1CCOCC1.I. The lowest BCUT2D eigenvalue weighted by molar-refractivity contribution is 0.0177. The van der Waals surface area contributed by atoms with Gasteiger partial charge in [0.15, 0.2) is 5.96 Å². The van der Waals surface area contributed by atoms with Gasteiger partial charge < -0.3 is 15.4 Å². The summed E-state index contributed by atoms with van der Waals surface area (Å²) in [6.45, 7) is 9.47. The van der Waals surface area contributed by atoms with Gasteiger partial charge in [0.25, 0.3) is 0 Å². The van der Waals surface area contributed by atoms with E-state index in [-0.39, 0.29) is 24.0 Å². The monoisotopic (exact) mass is 535 g/mol. The maximum absolute atomic E-state index is 5.53. The van der Waals surface area contributed by atoms with Crippen LogP contribution in [0.4, 0.5) is 0 Å². The molecule has 0 saturated carbocycles. The highest BCUT2D eigenvalue weighted by Gasteiger charge is 2.24. The van der Waals surface area contributed by atoms with Crippen LogP contribution in [-0.2, 0) is 11.2 Å². The van der Waals surface area contributed by atoms with Crippen LogP contribution < -0.4 is 10.6 Å². The number of guanidine groups is 1. The van der Waals surface area contributed by atoms with E-state index in [0.29, 0.717) is 6.04 Å². The maximum Gasteiger partial charge on any atom is 0.191 e. The summed E-state index contributed by atoms with van der Waals surface area (Å²) in [5.41, 5.74) is 0. The molecule has 2 aromatic heterocycles. The lowest BCUT2D eigenvalue weighted by Gasteiger charge is -2.34. The van der Waals surface area contributed by atoms with Crippen molar-refractivity contribution in [3.05, 3.63) is 38.0 Å². The number of hydrogen-bond donors (Lipinski definition) is 2. The van der Waals surface area contributed by atoms with E-state index >= 15 is 0 Å². The van der Waals surface area contributed by atoms with Crippen molar-refractivity contribution in [1.29, 1.82) is 0 Å². The van der Waals surface area contributed by atoms with Gasteiger partial charge in [-0.15, -0.1) is 46.7 Å². The molecule has 0 aliphatic carbocycles. The second kappa shape index (κ2) is 12.1. The summed E-state index contributed by atoms with van der Waals surface area (Å²) in [4.78, 5) is 15.3. The quantitative estimate of drug-likeness (QED) is 0.324. The molecule has 3 rings (SSSR count). The molecule has 28 heavy (non-hydrogen) atoms. The number of morpholine rings is 1. The van der Waals surface area contributed by atoms with Crippen molar-refractivity contribution >= 4 is 52.6 Å². The minimum absolute atomic E-state index is 0. The number of halogens is 1. The molecule has 9 heteroatoms. The number of thiophene rings is 1. The second-order valence-corrected chi connectivity index (χ2v) is 9.25. The van der Waals surface area contributed by atoms with Crippen molar-refractivity contribution in [3.8, 4) is 0 Å². The third-order valence-corrected chi connectivity index (χ3v) is 6.64. The second-order valence-electron chi connectivity index (χ2n) is 6.61. The van der Waals surface area contributed by atoms with Crippen molar-refractivity contribution < 1.29 is 4.74 Å². The predicted molar refractivity (Wildman–Crippen MR) is 130 cm³/mol. The van der Waals surface area contributed by atoms with Gasteiger partial charge in [-0.25, -0.2) is 4.98 Å². The van der Waals surface area contributed by atoms with Crippen LogP contribution in [0, 0.1) is 13.8 Å². The highest BCUT2D eigenvalue weighted by atomic mass is 127. The number of aryl methyl sites for hydroxylation is 2. The van der Waals surface area contributed by atoms with E-state index in [0.717, 1.165) is 56.8 Å². The van der Waals surface area contributed by atoms with Crippen molar-refractivity contribution in [2.75, 3.05) is 46.4 Å². The Hall–Kier alpha value is -0.750. The van der Waals surface area contributed by atoms with Crippen LogP contribution in [0.25, 0.3) is 0 Å². The third-order valence-electron chi connectivity index (χ3n) is 4.56. The van der Waals surface area contributed by atoms with Crippen LogP contribution in [-0.4, -0.2) is 62.3 Å². The van der Waals surface area contributed by atoms with Crippen molar-refractivity contribution in [2.45, 2.75) is 26.3 Å². The van der Waals surface area contributed by atoms with Gasteiger partial charge >= 0.3 is 0 Å². The molecular weight excluding hydrogens is 505 g/mol. The predicted octanol–water partition coefficient (Wildman–Crippen LogP) is 3.22. The normalized spacial score (nSPS) is 16.5. The van der Waals surface area contributed by atoms with Crippen molar-refractivity contribution in [1.82, 2.24) is 20.5 Å². The topological polar surface area (TPSA) is 61.8 Å². The Labute approximate surface area is 192 Å². The third kappa shape index (κ3) is 6.94. The van der Waals surface area contributed by atoms with Gasteiger partial charge in [0.05, 0.1) is 24.3 Å². The summed E-state index contributed by atoms with van der Waals surface area (Å²) in [6, 6.07) is 4.80. The molecule has 2 N–H and O–H groups in total. The fourth-order valence-electron chi connectivity index (χ4n) is 3.15. The van der Waals surface area contributed by atoms with E-state index in [1.165, 1.54) is 14.6 Å². The molecule has 3 heterocycles. The minimum Gasteiger partial charge on any atom is -0.379 e. The summed E-state index contributed by atoms with van der Waals surface area (Å²) in [5, 5.41) is 8.08. The molecule has 6 nitrogen and oxygen atoms in total.